The molecular weight excluding hydrogens is 276 g/mol. The molecule has 2 heterocycles. The zero-order valence-electron chi connectivity index (χ0n) is 11.8. The monoisotopic (exact) mass is 294 g/mol. The summed E-state index contributed by atoms with van der Waals surface area (Å²) in [6.07, 6.45) is 0. The molecule has 3 heteroatoms. The van der Waals surface area contributed by atoms with Gasteiger partial charge in [0.1, 0.15) is 0 Å². The van der Waals surface area contributed by atoms with Crippen molar-refractivity contribution in [2.45, 2.75) is 23.9 Å². The maximum absolute atomic E-state index is 5.96. The van der Waals surface area contributed by atoms with Gasteiger partial charge in [0.2, 0.25) is 0 Å². The first kappa shape index (κ1) is 13.0. The van der Waals surface area contributed by atoms with E-state index in [9.17, 15) is 0 Å². The quantitative estimate of drug-likeness (QED) is 0.792. The van der Waals surface area contributed by atoms with Crippen LogP contribution in [0.4, 0.5) is 0 Å². The fourth-order valence-electron chi connectivity index (χ4n) is 3.25. The van der Waals surface area contributed by atoms with Crippen LogP contribution >= 0.6 is 11.8 Å². The maximum atomic E-state index is 5.96. The summed E-state index contributed by atoms with van der Waals surface area (Å²) < 4.78 is 2.41. The summed E-state index contributed by atoms with van der Waals surface area (Å²) in [7, 11) is 0. The average molecular weight is 294 g/mol. The Morgan fingerprint density at radius 2 is 1.90 bits per heavy atom. The third-order valence-electron chi connectivity index (χ3n) is 4.31. The fraction of sp³-hybridized carbons (Fsp3) is 0.222. The second-order valence-corrected chi connectivity index (χ2v) is 6.62. The van der Waals surface area contributed by atoms with Gasteiger partial charge in [0.25, 0.3) is 0 Å². The molecule has 1 atom stereocenters. The van der Waals surface area contributed by atoms with Crippen molar-refractivity contribution in [3.8, 4) is 0 Å². The molecule has 1 unspecified atom stereocenters. The lowest BCUT2D eigenvalue weighted by Crippen LogP contribution is -2.13. The van der Waals surface area contributed by atoms with E-state index < -0.39 is 0 Å². The predicted molar refractivity (Wildman–Crippen MR) is 89.7 cm³/mol. The van der Waals surface area contributed by atoms with E-state index in [4.69, 9.17) is 5.73 Å². The first-order valence-corrected chi connectivity index (χ1v) is 8.34. The number of hydrogen-bond acceptors (Lipinski definition) is 2. The Kier molecular flexibility index (Phi) is 3.24. The first-order valence-electron chi connectivity index (χ1n) is 7.36. The van der Waals surface area contributed by atoms with Gasteiger partial charge in [0, 0.05) is 40.9 Å². The van der Waals surface area contributed by atoms with E-state index in [1.54, 1.807) is 0 Å². The number of rotatable bonds is 3. The number of nitrogens with zero attached hydrogens (tertiary/aromatic N) is 1. The summed E-state index contributed by atoms with van der Waals surface area (Å²) in [5.41, 5.74) is 9.97. The first-order chi connectivity index (χ1) is 10.4. The Labute approximate surface area is 129 Å². The van der Waals surface area contributed by atoms with Crippen molar-refractivity contribution < 1.29 is 0 Å². The molecule has 0 saturated heterocycles. The van der Waals surface area contributed by atoms with Gasteiger partial charge in [-0.2, -0.15) is 0 Å². The molecule has 1 aliphatic rings. The van der Waals surface area contributed by atoms with Crippen LogP contribution in [-0.4, -0.2) is 10.3 Å². The molecule has 0 amide bonds. The smallest absolute Gasteiger partial charge is 0.0483 e. The summed E-state index contributed by atoms with van der Waals surface area (Å²) in [6, 6.07) is 19.6. The van der Waals surface area contributed by atoms with Crippen molar-refractivity contribution in [3.05, 3.63) is 65.9 Å². The molecule has 2 nitrogen and oxygen atoms in total. The van der Waals surface area contributed by atoms with E-state index >= 15 is 0 Å². The van der Waals surface area contributed by atoms with E-state index in [-0.39, 0.29) is 0 Å². The van der Waals surface area contributed by atoms with E-state index in [0.717, 1.165) is 12.3 Å². The number of nitrogens with two attached hydrogens (primary N) is 1. The Hall–Kier alpha value is -1.71. The Morgan fingerprint density at radius 3 is 2.81 bits per heavy atom. The fourth-order valence-corrected chi connectivity index (χ4v) is 4.49. The van der Waals surface area contributed by atoms with Crippen LogP contribution in [-0.2, 0) is 13.1 Å². The van der Waals surface area contributed by atoms with Crippen LogP contribution in [0, 0.1) is 0 Å². The molecule has 2 N–H and O–H groups in total. The van der Waals surface area contributed by atoms with Crippen molar-refractivity contribution in [2.24, 2.45) is 5.73 Å². The molecule has 2 aromatic carbocycles. The van der Waals surface area contributed by atoms with Crippen molar-refractivity contribution >= 4 is 22.7 Å². The second kappa shape index (κ2) is 5.24. The minimum atomic E-state index is 0.576. The second-order valence-electron chi connectivity index (χ2n) is 5.55. The number of hydrogen-bond donors (Lipinski definition) is 1. The van der Waals surface area contributed by atoms with Gasteiger partial charge in [0.15, 0.2) is 0 Å². The van der Waals surface area contributed by atoms with Crippen molar-refractivity contribution in [3.63, 3.8) is 0 Å². The van der Waals surface area contributed by atoms with Crippen molar-refractivity contribution in [2.75, 3.05) is 5.75 Å². The SMILES string of the molecule is NCc1cc2ccccc2n1CC1CSc2ccccc21. The predicted octanol–water partition coefficient (Wildman–Crippen LogP) is 3.99. The van der Waals surface area contributed by atoms with E-state index in [0.29, 0.717) is 12.5 Å². The Bertz CT molecular complexity index is 791. The molecule has 1 aromatic heterocycles. The molecule has 0 saturated carbocycles. The summed E-state index contributed by atoms with van der Waals surface area (Å²) >= 11 is 1.97. The number of benzene rings is 2. The molecule has 1 aliphatic heterocycles. The lowest BCUT2D eigenvalue weighted by atomic mass is 10.0. The van der Waals surface area contributed by atoms with Gasteiger partial charge in [-0.1, -0.05) is 36.4 Å². The lowest BCUT2D eigenvalue weighted by molar-refractivity contribution is 0.601. The van der Waals surface area contributed by atoms with Crippen LogP contribution in [0.25, 0.3) is 10.9 Å². The number of thioether (sulfide) groups is 1. The van der Waals surface area contributed by atoms with E-state index in [2.05, 4.69) is 59.2 Å². The minimum Gasteiger partial charge on any atom is -0.343 e. The largest absolute Gasteiger partial charge is 0.343 e. The molecule has 21 heavy (non-hydrogen) atoms. The highest BCUT2D eigenvalue weighted by Gasteiger charge is 2.24. The van der Waals surface area contributed by atoms with Crippen LogP contribution in [0.3, 0.4) is 0 Å². The molecule has 0 bridgehead atoms. The maximum Gasteiger partial charge on any atom is 0.0483 e. The summed E-state index contributed by atoms with van der Waals surface area (Å²) in [4.78, 5) is 1.44. The topological polar surface area (TPSA) is 30.9 Å². The highest BCUT2D eigenvalue weighted by Crippen LogP contribution is 2.40. The van der Waals surface area contributed by atoms with Crippen LogP contribution in [0.5, 0.6) is 0 Å². The van der Waals surface area contributed by atoms with E-state index in [1.807, 2.05) is 11.8 Å². The molecule has 0 aliphatic carbocycles. The van der Waals surface area contributed by atoms with Gasteiger partial charge < -0.3 is 10.3 Å². The third-order valence-corrected chi connectivity index (χ3v) is 5.56. The highest BCUT2D eigenvalue weighted by atomic mass is 32.2. The van der Waals surface area contributed by atoms with Gasteiger partial charge in [0.05, 0.1) is 0 Å². The number of para-hydroxylation sites is 1. The summed E-state index contributed by atoms with van der Waals surface area (Å²) in [5, 5.41) is 1.29. The Balaban J connectivity index is 1.75. The van der Waals surface area contributed by atoms with Gasteiger partial charge in [-0.05, 0) is 29.1 Å². The number of fused-ring (bicyclic) bond motifs is 2. The standard InChI is InChI=1S/C18H18N2S/c19-10-15-9-13-5-1-3-7-17(13)20(15)11-14-12-21-18-8-4-2-6-16(14)18/h1-9,14H,10-12,19H2. The van der Waals surface area contributed by atoms with Crippen LogP contribution in [0.1, 0.15) is 17.2 Å². The Morgan fingerprint density at radius 1 is 1.10 bits per heavy atom. The highest BCUT2D eigenvalue weighted by molar-refractivity contribution is 7.99. The minimum absolute atomic E-state index is 0.576. The molecule has 0 fully saturated rings. The lowest BCUT2D eigenvalue weighted by Gasteiger charge is -2.15. The van der Waals surface area contributed by atoms with Gasteiger partial charge in [-0.25, -0.2) is 0 Å². The summed E-state index contributed by atoms with van der Waals surface area (Å²) in [5.74, 6) is 1.74. The van der Waals surface area contributed by atoms with Crippen LogP contribution in [0.2, 0.25) is 0 Å². The number of aromatic nitrogens is 1. The molecular formula is C18H18N2S. The zero-order valence-corrected chi connectivity index (χ0v) is 12.6. The molecule has 4 rings (SSSR count). The molecule has 106 valence electrons. The molecule has 0 radical (unpaired) electrons. The van der Waals surface area contributed by atoms with E-state index in [1.165, 1.54) is 27.1 Å². The molecule has 0 spiro atoms. The van der Waals surface area contributed by atoms with Crippen molar-refractivity contribution in [1.29, 1.82) is 0 Å². The third kappa shape index (κ3) is 2.17. The normalized spacial score (nSPS) is 17.3. The van der Waals surface area contributed by atoms with Crippen LogP contribution in [0.15, 0.2) is 59.5 Å². The van der Waals surface area contributed by atoms with Gasteiger partial charge in [-0.3, -0.25) is 0 Å². The zero-order chi connectivity index (χ0) is 14.2. The van der Waals surface area contributed by atoms with Gasteiger partial charge >= 0.3 is 0 Å². The molecule has 3 aromatic rings. The van der Waals surface area contributed by atoms with Crippen molar-refractivity contribution in [1.82, 2.24) is 4.57 Å². The van der Waals surface area contributed by atoms with Gasteiger partial charge in [-0.15, -0.1) is 11.8 Å². The average Bonchev–Trinajstić information content (AvgIpc) is 3.10. The van der Waals surface area contributed by atoms with Crippen LogP contribution < -0.4 is 5.73 Å². The summed E-state index contributed by atoms with van der Waals surface area (Å²) in [6.45, 7) is 1.61.